The number of likely N-dealkylation sites (N-methyl/N-ethyl adjacent to an activating group) is 1. The molecule has 2 heteroatoms. The van der Waals surface area contributed by atoms with E-state index in [-0.39, 0.29) is 0 Å². The van der Waals surface area contributed by atoms with Gasteiger partial charge in [-0.1, -0.05) is 13.3 Å². The molecule has 0 heterocycles. The Morgan fingerprint density at radius 1 is 1.18 bits per heavy atom. The van der Waals surface area contributed by atoms with Crippen LogP contribution in [0.15, 0.2) is 0 Å². The third-order valence-electron chi connectivity index (χ3n) is 2.45. The van der Waals surface area contributed by atoms with E-state index in [2.05, 4.69) is 20.9 Å². The molecule has 0 amide bonds. The van der Waals surface area contributed by atoms with Crippen molar-refractivity contribution >= 4 is 0 Å². The predicted octanol–water partition coefficient (Wildman–Crippen LogP) is 1.25. The first kappa shape index (κ1) is 10.9. The predicted molar refractivity (Wildman–Crippen MR) is 48.5 cm³/mol. The summed E-state index contributed by atoms with van der Waals surface area (Å²) in [5.41, 5.74) is 0. The molecule has 0 aromatic carbocycles. The Morgan fingerprint density at radius 2 is 1.82 bits per heavy atom. The Hall–Kier alpha value is -0.0800. The summed E-state index contributed by atoms with van der Waals surface area (Å²) in [6, 6.07) is 0. The van der Waals surface area contributed by atoms with Crippen molar-refractivity contribution in [1.29, 1.82) is 0 Å². The zero-order valence-electron chi connectivity index (χ0n) is 8.14. The molecule has 1 unspecified atom stereocenters. The molecule has 0 aromatic rings. The van der Waals surface area contributed by atoms with E-state index in [0.717, 1.165) is 17.6 Å². The van der Waals surface area contributed by atoms with Crippen LogP contribution in [0, 0.1) is 0 Å². The maximum Gasteiger partial charge on any atom is 0.102 e. The molecule has 11 heavy (non-hydrogen) atoms. The Bertz CT molecular complexity index is 95.6. The summed E-state index contributed by atoms with van der Waals surface area (Å²) < 4.78 is 1.02. The summed E-state index contributed by atoms with van der Waals surface area (Å²) in [4.78, 5) is 0. The molecule has 0 saturated heterocycles. The van der Waals surface area contributed by atoms with Crippen molar-refractivity contribution in [3.63, 3.8) is 0 Å². The zero-order chi connectivity index (χ0) is 8.74. The molecule has 0 bridgehead atoms. The van der Waals surface area contributed by atoms with Crippen molar-refractivity contribution in [3.8, 4) is 0 Å². The first-order chi connectivity index (χ1) is 5.18. The van der Waals surface area contributed by atoms with Crippen molar-refractivity contribution in [2.75, 3.05) is 33.3 Å². The number of aliphatic hydroxyl groups is 1. The lowest BCUT2D eigenvalue weighted by molar-refractivity contribution is -0.908. The van der Waals surface area contributed by atoms with Gasteiger partial charge in [0, 0.05) is 0 Å². The molecule has 0 aromatic heterocycles. The second-order valence-electron chi connectivity index (χ2n) is 3.46. The molecule has 0 fully saturated rings. The van der Waals surface area contributed by atoms with Gasteiger partial charge in [-0.2, -0.15) is 0 Å². The highest BCUT2D eigenvalue weighted by Crippen LogP contribution is 2.03. The van der Waals surface area contributed by atoms with Gasteiger partial charge in [0.2, 0.25) is 0 Å². The molecule has 68 valence electrons. The number of rotatable bonds is 6. The monoisotopic (exact) mass is 160 g/mol. The van der Waals surface area contributed by atoms with E-state index < -0.39 is 0 Å². The van der Waals surface area contributed by atoms with Crippen LogP contribution in [0.5, 0.6) is 0 Å². The SMILES string of the molecule is CCCC[N+](C)(CC)CCO. The minimum Gasteiger partial charge on any atom is -0.391 e. The lowest BCUT2D eigenvalue weighted by atomic mass is 10.3. The largest absolute Gasteiger partial charge is 0.391 e. The highest BCUT2D eigenvalue weighted by atomic mass is 16.3. The summed E-state index contributed by atoms with van der Waals surface area (Å²) >= 11 is 0. The minimum absolute atomic E-state index is 0.314. The van der Waals surface area contributed by atoms with Crippen LogP contribution in [0.4, 0.5) is 0 Å². The van der Waals surface area contributed by atoms with Crippen molar-refractivity contribution < 1.29 is 9.59 Å². The van der Waals surface area contributed by atoms with Gasteiger partial charge in [-0.15, -0.1) is 0 Å². The molecule has 0 spiro atoms. The molecule has 0 aliphatic heterocycles. The van der Waals surface area contributed by atoms with Gasteiger partial charge in [-0.25, -0.2) is 0 Å². The minimum atomic E-state index is 0.314. The van der Waals surface area contributed by atoms with E-state index in [1.165, 1.54) is 19.4 Å². The van der Waals surface area contributed by atoms with Gasteiger partial charge in [0.25, 0.3) is 0 Å². The molecule has 1 atom stereocenters. The van der Waals surface area contributed by atoms with Crippen LogP contribution in [0.1, 0.15) is 26.7 Å². The maximum absolute atomic E-state index is 8.82. The van der Waals surface area contributed by atoms with Gasteiger partial charge in [0.05, 0.1) is 26.7 Å². The molecule has 0 aliphatic carbocycles. The average Bonchev–Trinajstić information content (AvgIpc) is 2.02. The molecule has 0 aliphatic rings. The van der Waals surface area contributed by atoms with Crippen molar-refractivity contribution in [2.45, 2.75) is 26.7 Å². The van der Waals surface area contributed by atoms with E-state index >= 15 is 0 Å². The molecule has 1 N–H and O–H groups in total. The number of unbranched alkanes of at least 4 members (excludes halogenated alkanes) is 1. The number of hydrogen-bond donors (Lipinski definition) is 1. The highest BCUT2D eigenvalue weighted by molar-refractivity contribution is 4.37. The van der Waals surface area contributed by atoms with Gasteiger partial charge in [0.15, 0.2) is 0 Å². The Balaban J connectivity index is 3.68. The number of hydrogen-bond acceptors (Lipinski definition) is 1. The van der Waals surface area contributed by atoms with Crippen molar-refractivity contribution in [2.24, 2.45) is 0 Å². The Labute approximate surface area is 70.4 Å². The van der Waals surface area contributed by atoms with Crippen LogP contribution in [-0.2, 0) is 0 Å². The second kappa shape index (κ2) is 5.56. The number of nitrogens with zero attached hydrogens (tertiary/aromatic N) is 1. The third-order valence-corrected chi connectivity index (χ3v) is 2.45. The van der Waals surface area contributed by atoms with E-state index in [1.807, 2.05) is 0 Å². The molecule has 0 radical (unpaired) electrons. The van der Waals surface area contributed by atoms with Gasteiger partial charge in [-0.05, 0) is 13.3 Å². The molecule has 0 saturated carbocycles. The van der Waals surface area contributed by atoms with Gasteiger partial charge in [0.1, 0.15) is 6.54 Å². The summed E-state index contributed by atoms with van der Waals surface area (Å²) in [6.07, 6.45) is 2.52. The number of quaternary nitrogens is 1. The molecule has 0 rings (SSSR count). The summed E-state index contributed by atoms with van der Waals surface area (Å²) in [5.74, 6) is 0. The van der Waals surface area contributed by atoms with Crippen LogP contribution >= 0.6 is 0 Å². The van der Waals surface area contributed by atoms with Crippen LogP contribution < -0.4 is 0 Å². The molecule has 2 nitrogen and oxygen atoms in total. The van der Waals surface area contributed by atoms with Crippen LogP contribution in [-0.4, -0.2) is 42.9 Å². The summed E-state index contributed by atoms with van der Waals surface area (Å²) in [6.45, 7) is 7.93. The fourth-order valence-electron chi connectivity index (χ4n) is 1.21. The zero-order valence-corrected chi connectivity index (χ0v) is 8.14. The van der Waals surface area contributed by atoms with E-state index in [0.29, 0.717) is 6.61 Å². The van der Waals surface area contributed by atoms with Gasteiger partial charge >= 0.3 is 0 Å². The normalized spacial score (nSPS) is 16.4. The average molecular weight is 160 g/mol. The second-order valence-corrected chi connectivity index (χ2v) is 3.46. The summed E-state index contributed by atoms with van der Waals surface area (Å²) in [7, 11) is 2.21. The smallest absolute Gasteiger partial charge is 0.102 e. The Morgan fingerprint density at radius 3 is 2.18 bits per heavy atom. The van der Waals surface area contributed by atoms with Crippen molar-refractivity contribution in [3.05, 3.63) is 0 Å². The topological polar surface area (TPSA) is 20.2 Å². The van der Waals surface area contributed by atoms with Crippen LogP contribution in [0.25, 0.3) is 0 Å². The maximum atomic E-state index is 8.82. The fourth-order valence-corrected chi connectivity index (χ4v) is 1.21. The molecular formula is C9H22NO+. The van der Waals surface area contributed by atoms with Gasteiger partial charge < -0.3 is 9.59 Å². The Kier molecular flexibility index (Phi) is 5.51. The quantitative estimate of drug-likeness (QED) is 0.580. The van der Waals surface area contributed by atoms with Crippen molar-refractivity contribution in [1.82, 2.24) is 0 Å². The standard InChI is InChI=1S/C9H22NO/c1-4-6-7-10(3,5-2)8-9-11/h11H,4-9H2,1-3H3/q+1. The van der Waals surface area contributed by atoms with Gasteiger partial charge in [-0.3, -0.25) is 0 Å². The number of aliphatic hydroxyl groups excluding tert-OH is 1. The third kappa shape index (κ3) is 4.38. The lowest BCUT2D eigenvalue weighted by Gasteiger charge is -2.32. The first-order valence-corrected chi connectivity index (χ1v) is 4.63. The van der Waals surface area contributed by atoms with Crippen LogP contribution in [0.2, 0.25) is 0 Å². The van der Waals surface area contributed by atoms with E-state index in [9.17, 15) is 0 Å². The van der Waals surface area contributed by atoms with E-state index in [4.69, 9.17) is 5.11 Å². The lowest BCUT2D eigenvalue weighted by Crippen LogP contribution is -2.46. The first-order valence-electron chi connectivity index (χ1n) is 4.63. The summed E-state index contributed by atoms with van der Waals surface area (Å²) in [5, 5.41) is 8.82. The van der Waals surface area contributed by atoms with Crippen LogP contribution in [0.3, 0.4) is 0 Å². The van der Waals surface area contributed by atoms with E-state index in [1.54, 1.807) is 0 Å². The molecular weight excluding hydrogens is 138 g/mol. The fraction of sp³-hybridized carbons (Fsp3) is 1.00. The highest BCUT2D eigenvalue weighted by Gasteiger charge is 2.16.